The van der Waals surface area contributed by atoms with Crippen LogP contribution < -0.4 is 10.2 Å². The van der Waals surface area contributed by atoms with Gasteiger partial charge in [0.25, 0.3) is 0 Å². The van der Waals surface area contributed by atoms with Crippen LogP contribution in [0.1, 0.15) is 78.7 Å². The maximum Gasteiger partial charge on any atom is 0.497 e. The van der Waals surface area contributed by atoms with Gasteiger partial charge in [0.05, 0.1) is 13.2 Å². The number of hydrogen-bond donors (Lipinski definition) is 1. The molecule has 5 heteroatoms. The Morgan fingerprint density at radius 2 is 1.70 bits per heavy atom. The molecule has 0 saturated heterocycles. The van der Waals surface area contributed by atoms with Gasteiger partial charge in [-0.1, -0.05) is 57.2 Å². The van der Waals surface area contributed by atoms with Crippen molar-refractivity contribution in [2.75, 3.05) is 13.7 Å². The molecule has 0 bridgehead atoms. The van der Waals surface area contributed by atoms with Gasteiger partial charge < -0.3 is 19.2 Å². The molecule has 1 aliphatic carbocycles. The third kappa shape index (κ3) is 12.1. The fraction of sp³-hybridized carbons (Fsp3) is 0.727. The summed E-state index contributed by atoms with van der Waals surface area (Å²) in [6, 6.07) is 6.00. The molecule has 27 heavy (non-hydrogen) atoms. The van der Waals surface area contributed by atoms with Crippen LogP contribution in [0.3, 0.4) is 0 Å². The lowest BCUT2D eigenvalue weighted by Crippen LogP contribution is -2.40. The molecule has 0 spiro atoms. The molecule has 0 aliphatic heterocycles. The zero-order valence-corrected chi connectivity index (χ0v) is 18.6. The highest BCUT2D eigenvalue weighted by Crippen LogP contribution is 2.16. The Morgan fingerprint density at radius 3 is 2.11 bits per heavy atom. The molecule has 0 aromatic heterocycles. The lowest BCUT2D eigenvalue weighted by Gasteiger charge is -2.19. The summed E-state index contributed by atoms with van der Waals surface area (Å²) >= 11 is 0. The van der Waals surface area contributed by atoms with Crippen LogP contribution in [0.15, 0.2) is 18.2 Å². The van der Waals surface area contributed by atoms with Crippen LogP contribution in [0.4, 0.5) is 0 Å². The Balaban J connectivity index is 0.000000555. The lowest BCUT2D eigenvalue weighted by atomic mass is 9.77. The third-order valence-electron chi connectivity index (χ3n) is 3.93. The first-order valence-corrected chi connectivity index (χ1v) is 10.5. The first kappa shape index (κ1) is 26.0. The number of benzene rings is 1. The van der Waals surface area contributed by atoms with Crippen molar-refractivity contribution in [2.45, 2.75) is 92.3 Å². The van der Waals surface area contributed by atoms with Crippen LogP contribution in [0.5, 0.6) is 5.75 Å². The number of ether oxygens (including phenoxy) is 1. The van der Waals surface area contributed by atoms with Gasteiger partial charge in [-0.2, -0.15) is 0 Å². The maximum atomic E-state index is 8.91. The Morgan fingerprint density at radius 1 is 1.11 bits per heavy atom. The number of rotatable bonds is 6. The summed E-state index contributed by atoms with van der Waals surface area (Å²) in [7, 11) is 1.29. The van der Waals surface area contributed by atoms with Crippen LogP contribution in [0.25, 0.3) is 0 Å². The van der Waals surface area contributed by atoms with Gasteiger partial charge in [0.1, 0.15) is 5.75 Å². The van der Waals surface area contributed by atoms with Gasteiger partial charge in [-0.15, -0.1) is 0 Å². The summed E-state index contributed by atoms with van der Waals surface area (Å²) < 4.78 is 16.8. The average molecular weight is 380 g/mol. The molecular weight excluding hydrogens is 339 g/mol. The minimum atomic E-state index is -0.366. The second kappa shape index (κ2) is 16.0. The summed E-state index contributed by atoms with van der Waals surface area (Å²) in [5.74, 6) is 0.801. The van der Waals surface area contributed by atoms with Crippen molar-refractivity contribution in [3.63, 3.8) is 0 Å². The first-order chi connectivity index (χ1) is 12.9. The molecule has 1 saturated carbocycles. The largest absolute Gasteiger partial charge is 0.497 e. The van der Waals surface area contributed by atoms with Crippen molar-refractivity contribution < 1.29 is 19.2 Å². The smallest absolute Gasteiger partial charge is 0.497 e. The summed E-state index contributed by atoms with van der Waals surface area (Å²) in [5.41, 5.74) is 2.11. The molecular formula is C22H41BO4. The monoisotopic (exact) mass is 380 g/mol. The summed E-state index contributed by atoms with van der Waals surface area (Å²) in [4.78, 5) is 0. The molecule has 0 amide bonds. The van der Waals surface area contributed by atoms with Gasteiger partial charge in [-0.05, 0) is 46.6 Å². The topological polar surface area (TPSA) is 47.9 Å². The summed E-state index contributed by atoms with van der Waals surface area (Å²) in [5, 5.41) is 8.91. The van der Waals surface area contributed by atoms with E-state index in [1.54, 1.807) is 7.11 Å². The zero-order chi connectivity index (χ0) is 20.7. The normalized spacial score (nSPS) is 14.0. The van der Waals surface area contributed by atoms with Crippen LogP contribution in [0.2, 0.25) is 0 Å². The predicted molar refractivity (Wildman–Crippen MR) is 116 cm³/mol. The van der Waals surface area contributed by atoms with E-state index in [0.29, 0.717) is 6.61 Å². The summed E-state index contributed by atoms with van der Waals surface area (Å²) in [6.45, 7) is 12.8. The van der Waals surface area contributed by atoms with Crippen molar-refractivity contribution in [3.8, 4) is 5.75 Å². The van der Waals surface area contributed by atoms with E-state index in [0.717, 1.165) is 29.6 Å². The third-order valence-corrected chi connectivity index (χ3v) is 3.93. The number of aryl methyl sites for hydroxylation is 1. The molecule has 1 aromatic rings. The molecule has 1 aromatic carbocycles. The SMILES string of the molecule is CCC.CCOB(OC(C)C)c1cc(C)ccc1OC.OC1CCCCC1. The van der Waals surface area contributed by atoms with Crippen LogP contribution in [0, 0.1) is 6.92 Å². The van der Waals surface area contributed by atoms with E-state index in [9.17, 15) is 0 Å². The van der Waals surface area contributed by atoms with E-state index >= 15 is 0 Å². The Labute approximate surface area is 167 Å². The van der Waals surface area contributed by atoms with Crippen molar-refractivity contribution in [1.82, 2.24) is 0 Å². The van der Waals surface area contributed by atoms with Crippen LogP contribution >= 0.6 is 0 Å². The molecule has 156 valence electrons. The van der Waals surface area contributed by atoms with E-state index in [1.165, 1.54) is 25.7 Å². The highest BCUT2D eigenvalue weighted by molar-refractivity contribution is 6.62. The molecule has 1 aliphatic rings. The number of aliphatic hydroxyl groups is 1. The fourth-order valence-electron chi connectivity index (χ4n) is 2.72. The molecule has 1 fully saturated rings. The van der Waals surface area contributed by atoms with Gasteiger partial charge in [-0.25, -0.2) is 0 Å². The fourth-order valence-corrected chi connectivity index (χ4v) is 2.72. The van der Waals surface area contributed by atoms with Gasteiger partial charge >= 0.3 is 7.12 Å². The van der Waals surface area contributed by atoms with Crippen LogP contribution in [-0.2, 0) is 9.31 Å². The van der Waals surface area contributed by atoms with E-state index in [2.05, 4.69) is 13.8 Å². The Kier molecular flexibility index (Phi) is 15.4. The number of aliphatic hydroxyl groups excluding tert-OH is 1. The van der Waals surface area contributed by atoms with Crippen molar-refractivity contribution in [2.24, 2.45) is 0 Å². The molecule has 2 rings (SSSR count). The first-order valence-electron chi connectivity index (χ1n) is 10.5. The molecule has 0 unspecified atom stereocenters. The van der Waals surface area contributed by atoms with Crippen molar-refractivity contribution >= 4 is 12.6 Å². The molecule has 0 atom stereocenters. The van der Waals surface area contributed by atoms with Gasteiger partial charge in [-0.3, -0.25) is 0 Å². The summed E-state index contributed by atoms with van der Waals surface area (Å²) in [6.07, 6.45) is 7.28. The number of methoxy groups -OCH3 is 1. The second-order valence-electron chi connectivity index (χ2n) is 7.22. The highest BCUT2D eigenvalue weighted by Gasteiger charge is 2.26. The second-order valence-corrected chi connectivity index (χ2v) is 7.22. The maximum absolute atomic E-state index is 8.91. The molecule has 0 radical (unpaired) electrons. The standard InChI is InChI=1S/C13H21BO3.C6H12O.C3H8/c1-6-16-14(17-10(2)3)12-9-11(4)7-8-13(12)15-5;7-6-4-2-1-3-5-6;1-3-2/h7-10H,6H2,1-5H3;6-7H,1-5H2;3H2,1-2H3. The van der Waals surface area contributed by atoms with Gasteiger partial charge in [0, 0.05) is 18.2 Å². The quantitative estimate of drug-likeness (QED) is 0.714. The van der Waals surface area contributed by atoms with Crippen molar-refractivity contribution in [3.05, 3.63) is 23.8 Å². The molecule has 4 nitrogen and oxygen atoms in total. The Hall–Kier alpha value is -1.04. The predicted octanol–water partition coefficient (Wildman–Crippen LogP) is 4.89. The lowest BCUT2D eigenvalue weighted by molar-refractivity contribution is 0.130. The Bertz CT molecular complexity index is 473. The van der Waals surface area contributed by atoms with E-state index in [-0.39, 0.29) is 19.3 Å². The molecule has 1 N–H and O–H groups in total. The van der Waals surface area contributed by atoms with Gasteiger partial charge in [0.15, 0.2) is 0 Å². The minimum Gasteiger partial charge on any atom is -0.497 e. The van der Waals surface area contributed by atoms with E-state index in [1.807, 2.05) is 45.9 Å². The number of hydrogen-bond acceptors (Lipinski definition) is 4. The van der Waals surface area contributed by atoms with Crippen LogP contribution in [-0.4, -0.2) is 38.1 Å². The van der Waals surface area contributed by atoms with Crippen molar-refractivity contribution in [1.29, 1.82) is 0 Å². The minimum absolute atomic E-state index is 0.0359. The zero-order valence-electron chi connectivity index (χ0n) is 18.6. The highest BCUT2D eigenvalue weighted by atomic mass is 16.6. The van der Waals surface area contributed by atoms with E-state index < -0.39 is 0 Å². The molecule has 0 heterocycles. The van der Waals surface area contributed by atoms with E-state index in [4.69, 9.17) is 19.2 Å². The average Bonchev–Trinajstić information content (AvgIpc) is 2.63. The van der Waals surface area contributed by atoms with Gasteiger partial charge in [0.2, 0.25) is 0 Å².